The Hall–Kier alpha value is -1.84. The number of rotatable bonds is 7. The Morgan fingerprint density at radius 1 is 1.21 bits per heavy atom. The smallest absolute Gasteiger partial charge is 0.253 e. The number of hydrazine groups is 1. The predicted molar refractivity (Wildman–Crippen MR) is 91.2 cm³/mol. The molecule has 0 spiro atoms. The molecule has 24 heavy (non-hydrogen) atoms. The average molecular weight is 359 g/mol. The summed E-state index contributed by atoms with van der Waals surface area (Å²) in [5.74, 6) is 5.32. The summed E-state index contributed by atoms with van der Waals surface area (Å²) in [5.41, 5.74) is 1.79. The molecular formula is C15H25N3O5S. The van der Waals surface area contributed by atoms with Crippen LogP contribution in [0.4, 0.5) is 0 Å². The molecule has 0 heterocycles. The molecule has 0 saturated heterocycles. The lowest BCUT2D eigenvalue weighted by Gasteiger charge is -2.24. The summed E-state index contributed by atoms with van der Waals surface area (Å²) in [7, 11) is -0.963. The Bertz CT molecular complexity index is 683. The van der Waals surface area contributed by atoms with Crippen LogP contribution in [0, 0.1) is 0 Å². The van der Waals surface area contributed by atoms with Crippen molar-refractivity contribution < 1.29 is 22.7 Å². The van der Waals surface area contributed by atoms with Crippen molar-refractivity contribution in [2.45, 2.75) is 38.0 Å². The second-order valence-electron chi connectivity index (χ2n) is 6.29. The van der Waals surface area contributed by atoms with E-state index in [2.05, 4.69) is 4.72 Å². The zero-order valence-corrected chi connectivity index (χ0v) is 15.4. The van der Waals surface area contributed by atoms with Gasteiger partial charge in [0.25, 0.3) is 5.91 Å². The van der Waals surface area contributed by atoms with Crippen molar-refractivity contribution in [3.63, 3.8) is 0 Å². The van der Waals surface area contributed by atoms with Gasteiger partial charge in [-0.1, -0.05) is 6.07 Å². The minimum absolute atomic E-state index is 0.0607. The second kappa shape index (κ2) is 7.82. The van der Waals surface area contributed by atoms with E-state index in [9.17, 15) is 13.2 Å². The fourth-order valence-corrected chi connectivity index (χ4v) is 3.91. The lowest BCUT2D eigenvalue weighted by Crippen LogP contribution is -2.52. The second-order valence-corrected chi connectivity index (χ2v) is 8.15. The number of sulfonamides is 1. The van der Waals surface area contributed by atoms with Gasteiger partial charge in [-0.3, -0.25) is 10.2 Å². The highest BCUT2D eigenvalue weighted by atomic mass is 32.2. The third-order valence-electron chi connectivity index (χ3n) is 3.13. The van der Waals surface area contributed by atoms with Gasteiger partial charge in [-0.05, 0) is 44.9 Å². The van der Waals surface area contributed by atoms with Crippen molar-refractivity contribution in [3.8, 4) is 11.5 Å². The molecule has 1 aromatic carbocycles. The number of ether oxygens (including phenoxy) is 2. The van der Waals surface area contributed by atoms with Crippen LogP contribution in [0.15, 0.2) is 18.2 Å². The third-order valence-corrected chi connectivity index (χ3v) is 5.15. The lowest BCUT2D eigenvalue weighted by molar-refractivity contribution is -0.120. The molecule has 1 unspecified atom stereocenters. The van der Waals surface area contributed by atoms with Crippen LogP contribution in [0.1, 0.15) is 26.3 Å². The van der Waals surface area contributed by atoms with Crippen LogP contribution in [0.3, 0.4) is 0 Å². The highest BCUT2D eigenvalue weighted by Gasteiger charge is 2.35. The first-order valence-corrected chi connectivity index (χ1v) is 8.83. The molecular weight excluding hydrogens is 334 g/mol. The van der Waals surface area contributed by atoms with E-state index in [1.807, 2.05) is 5.43 Å². The van der Waals surface area contributed by atoms with Gasteiger partial charge in [0.2, 0.25) is 10.0 Å². The van der Waals surface area contributed by atoms with Crippen LogP contribution in [-0.4, -0.2) is 39.3 Å². The van der Waals surface area contributed by atoms with E-state index >= 15 is 0 Å². The van der Waals surface area contributed by atoms with Crippen molar-refractivity contribution in [2.75, 3.05) is 14.2 Å². The van der Waals surface area contributed by atoms with Crippen LogP contribution >= 0.6 is 0 Å². The lowest BCUT2D eigenvalue weighted by atomic mass is 10.1. The van der Waals surface area contributed by atoms with E-state index in [1.54, 1.807) is 39.0 Å². The molecule has 0 fully saturated rings. The Labute approximate surface area is 142 Å². The maximum Gasteiger partial charge on any atom is 0.253 e. The normalized spacial score (nSPS) is 13.2. The highest BCUT2D eigenvalue weighted by Crippen LogP contribution is 2.28. The summed E-state index contributed by atoms with van der Waals surface area (Å²) in [6.45, 7) is 5.08. The number of hydrogen-bond donors (Lipinski definition) is 3. The molecule has 0 bridgehead atoms. The van der Waals surface area contributed by atoms with Crippen LogP contribution in [0.5, 0.6) is 11.5 Å². The molecule has 0 aliphatic heterocycles. The first kappa shape index (κ1) is 20.2. The van der Waals surface area contributed by atoms with Gasteiger partial charge in [-0.25, -0.2) is 19.0 Å². The monoisotopic (exact) mass is 359 g/mol. The van der Waals surface area contributed by atoms with Crippen molar-refractivity contribution in [3.05, 3.63) is 23.8 Å². The first-order valence-electron chi connectivity index (χ1n) is 7.28. The SMILES string of the molecule is COc1ccc(CC(C(=O)NN)S(=O)(=O)NC(C)(C)C)cc1OC. The summed E-state index contributed by atoms with van der Waals surface area (Å²) in [6.07, 6.45) is -0.0607. The molecule has 1 atom stereocenters. The summed E-state index contributed by atoms with van der Waals surface area (Å²) < 4.78 is 37.9. The molecule has 4 N–H and O–H groups in total. The van der Waals surface area contributed by atoms with E-state index < -0.39 is 26.7 Å². The molecule has 0 aromatic heterocycles. The number of nitrogens with two attached hydrogens (primary N) is 1. The number of amides is 1. The van der Waals surface area contributed by atoms with Crippen molar-refractivity contribution in [1.29, 1.82) is 0 Å². The van der Waals surface area contributed by atoms with Crippen molar-refractivity contribution in [2.24, 2.45) is 5.84 Å². The largest absolute Gasteiger partial charge is 0.493 e. The molecule has 8 nitrogen and oxygen atoms in total. The van der Waals surface area contributed by atoms with Gasteiger partial charge in [0.15, 0.2) is 16.7 Å². The quantitative estimate of drug-likeness (QED) is 0.366. The number of carbonyl (C=O) groups is 1. The average Bonchev–Trinajstić information content (AvgIpc) is 2.49. The molecule has 1 aromatic rings. The van der Waals surface area contributed by atoms with E-state index in [0.29, 0.717) is 17.1 Å². The summed E-state index contributed by atoms with van der Waals surface area (Å²) in [4.78, 5) is 12.0. The Kier molecular flexibility index (Phi) is 6.58. The first-order chi connectivity index (χ1) is 11.0. The Balaban J connectivity index is 3.18. The zero-order valence-electron chi connectivity index (χ0n) is 14.5. The number of benzene rings is 1. The summed E-state index contributed by atoms with van der Waals surface area (Å²) in [6, 6.07) is 4.95. The van der Waals surface area contributed by atoms with Gasteiger partial charge in [0.05, 0.1) is 14.2 Å². The molecule has 0 saturated carbocycles. The van der Waals surface area contributed by atoms with Crippen molar-refractivity contribution >= 4 is 15.9 Å². The highest BCUT2D eigenvalue weighted by molar-refractivity contribution is 7.90. The van der Waals surface area contributed by atoms with E-state index in [4.69, 9.17) is 15.3 Å². The standard InChI is InChI=1S/C15H25N3O5S/c1-15(2,3)18-24(20,21)13(14(19)17-16)9-10-6-7-11(22-4)12(8-10)23-5/h6-8,13,18H,9,16H2,1-5H3,(H,17,19). The number of hydrogen-bond acceptors (Lipinski definition) is 6. The zero-order chi connectivity index (χ0) is 18.5. The van der Waals surface area contributed by atoms with E-state index in [0.717, 1.165) is 0 Å². The van der Waals surface area contributed by atoms with Gasteiger partial charge < -0.3 is 9.47 Å². The Morgan fingerprint density at radius 2 is 1.79 bits per heavy atom. The van der Waals surface area contributed by atoms with Crippen LogP contribution < -0.4 is 25.5 Å². The van der Waals surface area contributed by atoms with Gasteiger partial charge >= 0.3 is 0 Å². The summed E-state index contributed by atoms with van der Waals surface area (Å²) >= 11 is 0. The molecule has 0 aliphatic rings. The molecule has 136 valence electrons. The van der Waals surface area contributed by atoms with Crippen molar-refractivity contribution in [1.82, 2.24) is 10.1 Å². The minimum atomic E-state index is -3.94. The molecule has 0 aliphatic carbocycles. The molecule has 1 amide bonds. The van der Waals surface area contributed by atoms with Gasteiger partial charge in [-0.15, -0.1) is 0 Å². The van der Waals surface area contributed by atoms with Gasteiger partial charge in [0.1, 0.15) is 0 Å². The fourth-order valence-electron chi connectivity index (χ4n) is 2.16. The predicted octanol–water partition coefficient (Wildman–Crippen LogP) is 0.323. The van der Waals surface area contributed by atoms with E-state index in [-0.39, 0.29) is 6.42 Å². The topological polar surface area (TPSA) is 120 Å². The summed E-state index contributed by atoms with van der Waals surface area (Å²) in [5, 5.41) is -1.38. The molecule has 9 heteroatoms. The Morgan fingerprint density at radius 3 is 2.25 bits per heavy atom. The number of nitrogens with one attached hydrogen (secondary N) is 2. The molecule has 0 radical (unpaired) electrons. The maximum absolute atomic E-state index is 12.5. The van der Waals surface area contributed by atoms with Crippen LogP contribution in [0.25, 0.3) is 0 Å². The fraction of sp³-hybridized carbons (Fsp3) is 0.533. The third kappa shape index (κ3) is 5.36. The van der Waals surface area contributed by atoms with Gasteiger partial charge in [-0.2, -0.15) is 0 Å². The maximum atomic E-state index is 12.5. The van der Waals surface area contributed by atoms with Gasteiger partial charge in [0, 0.05) is 5.54 Å². The number of methoxy groups -OCH3 is 2. The van der Waals surface area contributed by atoms with Crippen LogP contribution in [-0.2, 0) is 21.2 Å². The molecule has 1 rings (SSSR count). The minimum Gasteiger partial charge on any atom is -0.493 e. The number of carbonyl (C=O) groups excluding carboxylic acids is 1. The van der Waals surface area contributed by atoms with Crippen LogP contribution in [0.2, 0.25) is 0 Å². The van der Waals surface area contributed by atoms with E-state index in [1.165, 1.54) is 14.2 Å².